The van der Waals surface area contributed by atoms with Crippen molar-refractivity contribution < 1.29 is 63.1 Å². The molecule has 6 unspecified atom stereocenters. The van der Waals surface area contributed by atoms with E-state index in [9.17, 15) is 44.6 Å². The zero-order valence-corrected chi connectivity index (χ0v) is 38.0. The minimum absolute atomic E-state index is 0.105. The van der Waals surface area contributed by atoms with Gasteiger partial charge in [-0.25, -0.2) is 4.57 Å². The van der Waals surface area contributed by atoms with Gasteiger partial charge in [0.15, 0.2) is 6.10 Å². The maximum absolute atomic E-state index is 12.8. The summed E-state index contributed by atoms with van der Waals surface area (Å²) in [6.45, 7) is 3.33. The number of hydrogen-bond acceptors (Lipinski definition) is 12. The second-order valence-electron chi connectivity index (χ2n) is 17.0. The smallest absolute Gasteiger partial charge is 0.462 e. The summed E-state index contributed by atoms with van der Waals surface area (Å²) in [4.78, 5) is 35.7. The van der Waals surface area contributed by atoms with Gasteiger partial charge in [-0.05, 0) is 12.8 Å². The van der Waals surface area contributed by atoms with E-state index < -0.39 is 75.7 Å². The number of aliphatic hydroxyl groups is 5. The van der Waals surface area contributed by atoms with Crippen molar-refractivity contribution in [2.24, 2.45) is 0 Å². The monoisotopic (exact) mass is 867 g/mol. The predicted molar refractivity (Wildman–Crippen MR) is 231 cm³/mol. The van der Waals surface area contributed by atoms with Crippen molar-refractivity contribution >= 4 is 19.8 Å². The average Bonchev–Trinajstić information content (AvgIpc) is 3.21. The third kappa shape index (κ3) is 29.0. The first kappa shape index (κ1) is 55.9. The van der Waals surface area contributed by atoms with Crippen molar-refractivity contribution in [3.63, 3.8) is 0 Å². The van der Waals surface area contributed by atoms with Gasteiger partial charge in [0.2, 0.25) is 0 Å². The minimum Gasteiger partial charge on any atom is -0.462 e. The summed E-state index contributed by atoms with van der Waals surface area (Å²) >= 11 is 0. The van der Waals surface area contributed by atoms with E-state index >= 15 is 0 Å². The Bertz CT molecular complexity index is 1050. The molecule has 13 nitrogen and oxygen atoms in total. The molecule has 8 atom stereocenters. The molecule has 14 heteroatoms. The number of esters is 2. The SMILES string of the molecule is CCCCCCCCCCCCCCCCCCC(=O)O[C@H](COC(=O)CCCCCCCCCCCCCCCC)COP(=O)(O)OC1C(O)C(O)C(O)[C@@H](O)C1O. The Morgan fingerprint density at radius 3 is 1.12 bits per heavy atom. The van der Waals surface area contributed by atoms with Crippen LogP contribution in [0.25, 0.3) is 0 Å². The lowest BCUT2D eigenvalue weighted by molar-refractivity contribution is -0.220. The van der Waals surface area contributed by atoms with Crippen LogP contribution in [0.4, 0.5) is 0 Å². The quantitative estimate of drug-likeness (QED) is 0.0193. The molecule has 0 aromatic rings. The van der Waals surface area contributed by atoms with Crippen LogP contribution >= 0.6 is 7.82 Å². The highest BCUT2D eigenvalue weighted by atomic mass is 31.2. The highest BCUT2D eigenvalue weighted by Crippen LogP contribution is 2.47. The van der Waals surface area contributed by atoms with Crippen LogP contribution in [0.5, 0.6) is 0 Å². The number of phosphoric ester groups is 1. The van der Waals surface area contributed by atoms with Gasteiger partial charge < -0.3 is 39.9 Å². The van der Waals surface area contributed by atoms with Gasteiger partial charge in [0.25, 0.3) is 0 Å². The van der Waals surface area contributed by atoms with E-state index in [0.717, 1.165) is 38.5 Å². The molecule has 0 aromatic heterocycles. The number of carbonyl (C=O) groups is 2. The maximum atomic E-state index is 12.8. The number of aliphatic hydroxyl groups excluding tert-OH is 5. The lowest BCUT2D eigenvalue weighted by Gasteiger charge is -2.41. The fraction of sp³-hybridized carbons (Fsp3) is 0.956. The normalized spacial score (nSPS) is 22.2. The van der Waals surface area contributed by atoms with Crippen LogP contribution in [0.2, 0.25) is 0 Å². The second kappa shape index (κ2) is 36.3. The van der Waals surface area contributed by atoms with Gasteiger partial charge in [0.1, 0.15) is 43.2 Å². The molecule has 59 heavy (non-hydrogen) atoms. The van der Waals surface area contributed by atoms with Gasteiger partial charge in [-0.15, -0.1) is 0 Å². The largest absolute Gasteiger partial charge is 0.472 e. The number of unbranched alkanes of at least 4 members (excludes halogenated alkanes) is 28. The van der Waals surface area contributed by atoms with E-state index in [1.807, 2.05) is 0 Å². The first-order valence-corrected chi connectivity index (χ1v) is 25.3. The van der Waals surface area contributed by atoms with Gasteiger partial charge in [-0.3, -0.25) is 18.6 Å². The molecule has 0 spiro atoms. The number of hydrogen-bond donors (Lipinski definition) is 6. The van der Waals surface area contributed by atoms with Crippen LogP contribution in [0.1, 0.15) is 219 Å². The molecule has 350 valence electrons. The summed E-state index contributed by atoms with van der Waals surface area (Å²) in [7, 11) is -5.11. The van der Waals surface area contributed by atoms with E-state index in [1.54, 1.807) is 0 Å². The number of carbonyl (C=O) groups excluding carboxylic acids is 2. The fourth-order valence-electron chi connectivity index (χ4n) is 7.58. The molecule has 1 rings (SSSR count). The Morgan fingerprint density at radius 2 is 0.763 bits per heavy atom. The van der Waals surface area contributed by atoms with Crippen molar-refractivity contribution in [3.8, 4) is 0 Å². The molecular weight excluding hydrogens is 779 g/mol. The molecule has 0 saturated heterocycles. The van der Waals surface area contributed by atoms with Crippen LogP contribution in [0.15, 0.2) is 0 Å². The van der Waals surface area contributed by atoms with Crippen molar-refractivity contribution in [1.29, 1.82) is 0 Å². The third-order valence-electron chi connectivity index (χ3n) is 11.4. The van der Waals surface area contributed by atoms with E-state index in [1.165, 1.54) is 141 Å². The Morgan fingerprint density at radius 1 is 0.458 bits per heavy atom. The standard InChI is InChI=1S/C45H87O13P/c1-3-5-7-9-11-13-15-17-19-20-22-24-26-28-30-32-34-39(47)57-37(36-56-59(53,54)58-45-43(51)41(49)40(48)42(50)44(45)52)35-55-38(46)33-31-29-27-25-23-21-18-16-14-12-10-8-6-4-2/h37,40-45,48-52H,3-36H2,1-2H3,(H,53,54)/t37-,40?,41-,42?,43?,44?,45?/m1/s1. The average molecular weight is 867 g/mol. The molecule has 1 aliphatic rings. The molecule has 0 bridgehead atoms. The van der Waals surface area contributed by atoms with Crippen LogP contribution in [0.3, 0.4) is 0 Å². The van der Waals surface area contributed by atoms with Crippen molar-refractivity contribution in [1.82, 2.24) is 0 Å². The van der Waals surface area contributed by atoms with Gasteiger partial charge in [-0.2, -0.15) is 0 Å². The van der Waals surface area contributed by atoms with E-state index in [4.69, 9.17) is 18.5 Å². The van der Waals surface area contributed by atoms with Gasteiger partial charge in [0.05, 0.1) is 6.61 Å². The zero-order valence-electron chi connectivity index (χ0n) is 37.1. The summed E-state index contributed by atoms with van der Waals surface area (Å²) < 4.78 is 33.6. The number of phosphoric acid groups is 1. The molecule has 0 heterocycles. The molecule has 1 fully saturated rings. The maximum Gasteiger partial charge on any atom is 0.472 e. The highest BCUT2D eigenvalue weighted by molar-refractivity contribution is 7.47. The number of ether oxygens (including phenoxy) is 2. The Hall–Kier alpha value is -1.15. The molecule has 1 saturated carbocycles. The zero-order chi connectivity index (χ0) is 43.6. The fourth-order valence-corrected chi connectivity index (χ4v) is 8.56. The van der Waals surface area contributed by atoms with E-state index in [-0.39, 0.29) is 12.8 Å². The van der Waals surface area contributed by atoms with Crippen LogP contribution in [0, 0.1) is 0 Å². The van der Waals surface area contributed by atoms with E-state index in [2.05, 4.69) is 13.8 Å². The first-order chi connectivity index (χ1) is 28.4. The van der Waals surface area contributed by atoms with Gasteiger partial charge in [0, 0.05) is 12.8 Å². The molecule has 0 amide bonds. The topological polar surface area (TPSA) is 210 Å². The molecule has 6 N–H and O–H groups in total. The first-order valence-electron chi connectivity index (χ1n) is 23.8. The van der Waals surface area contributed by atoms with Gasteiger partial charge in [-0.1, -0.05) is 194 Å². The van der Waals surface area contributed by atoms with Crippen molar-refractivity contribution in [2.45, 2.75) is 262 Å². The molecule has 0 aromatic carbocycles. The van der Waals surface area contributed by atoms with Crippen molar-refractivity contribution in [2.75, 3.05) is 13.2 Å². The molecular formula is C45H87O13P. The molecule has 0 aliphatic heterocycles. The highest BCUT2D eigenvalue weighted by Gasteiger charge is 2.51. The lowest BCUT2D eigenvalue weighted by atomic mass is 9.85. The van der Waals surface area contributed by atoms with Crippen LogP contribution < -0.4 is 0 Å². The van der Waals surface area contributed by atoms with Crippen LogP contribution in [-0.4, -0.2) is 98.3 Å². The molecule has 1 aliphatic carbocycles. The van der Waals surface area contributed by atoms with Gasteiger partial charge >= 0.3 is 19.8 Å². The lowest BCUT2D eigenvalue weighted by Crippen LogP contribution is -2.64. The van der Waals surface area contributed by atoms with Crippen LogP contribution in [-0.2, 0) is 32.7 Å². The predicted octanol–water partition coefficient (Wildman–Crippen LogP) is 9.28. The summed E-state index contributed by atoms with van der Waals surface area (Å²) in [5, 5.41) is 50.1. The Balaban J connectivity index is 2.43. The Kier molecular flexibility index (Phi) is 34.4. The summed E-state index contributed by atoms with van der Waals surface area (Å²) in [6, 6.07) is 0. The van der Waals surface area contributed by atoms with E-state index in [0.29, 0.717) is 12.8 Å². The second-order valence-corrected chi connectivity index (χ2v) is 18.4. The summed E-state index contributed by atoms with van der Waals surface area (Å²) in [6.07, 6.45) is 23.0. The summed E-state index contributed by atoms with van der Waals surface area (Å²) in [5.41, 5.74) is 0. The van der Waals surface area contributed by atoms with Crippen molar-refractivity contribution in [3.05, 3.63) is 0 Å². The summed E-state index contributed by atoms with van der Waals surface area (Å²) in [5.74, 6) is -1.08. The third-order valence-corrected chi connectivity index (χ3v) is 12.4. The Labute approximate surface area is 357 Å². The number of rotatable bonds is 40. The minimum atomic E-state index is -5.11. The molecule has 0 radical (unpaired) electrons.